The van der Waals surface area contributed by atoms with Crippen molar-refractivity contribution in [3.05, 3.63) is 0 Å². The van der Waals surface area contributed by atoms with Gasteiger partial charge in [0.25, 0.3) is 0 Å². The van der Waals surface area contributed by atoms with E-state index < -0.39 is 20.1 Å². The van der Waals surface area contributed by atoms with Crippen LogP contribution in [0.4, 0.5) is 0 Å². The van der Waals surface area contributed by atoms with Crippen molar-refractivity contribution in [1.29, 1.82) is 1.43 Å². The average Bonchev–Trinajstić information content (AvgIpc) is 1.35. The molecule has 0 aliphatic carbocycles. The van der Waals surface area contributed by atoms with Crippen LogP contribution in [0.2, 0.25) is 0 Å². The van der Waals surface area contributed by atoms with E-state index in [-0.39, 0.29) is 0 Å². The van der Waals surface area contributed by atoms with E-state index in [1.807, 2.05) is 0 Å². The molecule has 5 heavy (non-hydrogen) atoms. The molecule has 0 heterocycles. The third-order valence-electron chi connectivity index (χ3n) is 0. The fraction of sp³-hybridized carbons (Fsp3) is 0. The Hall–Kier alpha value is 0.570. The summed E-state index contributed by atoms with van der Waals surface area (Å²) in [5, 5.41) is 0. The van der Waals surface area contributed by atoms with Crippen molar-refractivity contribution in [2.45, 2.75) is 0 Å². The van der Waals surface area contributed by atoms with Gasteiger partial charge in [-0.2, -0.15) is 0 Å². The van der Waals surface area contributed by atoms with Crippen molar-refractivity contribution in [2.24, 2.45) is 0 Å². The quantitative estimate of drug-likeness (QED) is 0.419. The first-order valence-electron chi connectivity index (χ1n) is 1.03. The Balaban J connectivity index is 3.17. The van der Waals surface area contributed by atoms with Gasteiger partial charge in [0.15, 0.2) is 0 Å². The van der Waals surface area contributed by atoms with Crippen LogP contribution in [-0.4, -0.2) is 4.87 Å². The van der Waals surface area contributed by atoms with Crippen molar-refractivity contribution in [3.63, 3.8) is 0 Å². The largest absolute Gasteiger partial charge is 0.379 e. The van der Waals surface area contributed by atoms with Crippen LogP contribution in [0.25, 0.3) is 0 Å². The van der Waals surface area contributed by atoms with Gasteiger partial charge in [0.1, 0.15) is 0 Å². The molecule has 0 bridgehead atoms. The summed E-state index contributed by atoms with van der Waals surface area (Å²) in [5.74, 6) is 0. The molecule has 4 nitrogen and oxygen atoms in total. The second kappa shape index (κ2) is 1.35. The standard InChI is InChI=1S/HIO4/c2-1(3,4)5/h2H/i2D. The van der Waals surface area contributed by atoms with E-state index in [0.29, 0.717) is 0 Å². The van der Waals surface area contributed by atoms with Crippen molar-refractivity contribution < 1.29 is 33.8 Å². The fourth-order valence-electron chi connectivity index (χ4n) is 0. The SMILES string of the molecule is [2H]O[I+3]([O-])([O-])[O-]. The van der Waals surface area contributed by atoms with E-state index in [9.17, 15) is 0 Å². The minimum atomic E-state index is -5.56. The highest BCUT2D eigenvalue weighted by atomic mass is 127. The van der Waals surface area contributed by atoms with Crippen LogP contribution in [0.15, 0.2) is 0 Å². The molecule has 0 aromatic heterocycles. The second-order valence-electron chi connectivity index (χ2n) is 0.378. The highest BCUT2D eigenvalue weighted by Gasteiger charge is 2.11. The molecule has 1 N–H and O–H groups in total. The minimum absolute atomic E-state index is 2.70. The van der Waals surface area contributed by atoms with E-state index in [1.165, 1.54) is 0 Å². The summed E-state index contributed by atoms with van der Waals surface area (Å²) in [6, 6.07) is 0. The molecule has 0 saturated heterocycles. The predicted octanol–water partition coefficient (Wildman–Crippen LogP) is -7.12. The number of rotatable bonds is 1. The lowest BCUT2D eigenvalue weighted by Gasteiger charge is -1.93. The molecule has 0 atom stereocenters. The van der Waals surface area contributed by atoms with Crippen LogP contribution in [0.3, 0.4) is 0 Å². The van der Waals surface area contributed by atoms with Gasteiger partial charge in [-0.05, 0) is 0 Å². The first-order valence-corrected chi connectivity index (χ1v) is 4.14. The van der Waals surface area contributed by atoms with Crippen molar-refractivity contribution >= 4 is 0 Å². The monoisotopic (exact) mass is 193 g/mol. The lowest BCUT2D eigenvalue weighted by atomic mass is 16.0. The lowest BCUT2D eigenvalue weighted by molar-refractivity contribution is -1.92. The van der Waals surface area contributed by atoms with Gasteiger partial charge in [0.05, 0.1) is 0 Å². The Morgan fingerprint density at radius 3 is 1.80 bits per heavy atom. The minimum Gasteiger partial charge on any atom is -0.256 e. The topological polar surface area (TPSA) is 89.4 Å². The van der Waals surface area contributed by atoms with Crippen LogP contribution in [0.5, 0.6) is 0 Å². The zero-order valence-electron chi connectivity index (χ0n) is 3.01. The van der Waals surface area contributed by atoms with E-state index in [4.69, 9.17) is 11.7 Å². The smallest absolute Gasteiger partial charge is 0.256 e. The zero-order valence-corrected chi connectivity index (χ0v) is 4.17. The summed E-state index contributed by atoms with van der Waals surface area (Å²) in [6.07, 6.45) is 0. The van der Waals surface area contributed by atoms with Crippen molar-refractivity contribution in [1.82, 2.24) is 0 Å². The van der Waals surface area contributed by atoms with Gasteiger partial charge in [-0.3, -0.25) is 10.3 Å². The molecule has 0 aliphatic rings. The van der Waals surface area contributed by atoms with Gasteiger partial charge >= 0.3 is 21.5 Å². The molecule has 0 radical (unpaired) electrons. The third-order valence-corrected chi connectivity index (χ3v) is 0. The molecule has 0 unspecified atom stereocenters. The molecule has 0 rings (SSSR count). The Morgan fingerprint density at radius 1 is 1.60 bits per heavy atom. The molecule has 5 heteroatoms. The summed E-state index contributed by atoms with van der Waals surface area (Å²) >= 11 is -5.56. The lowest BCUT2D eigenvalue weighted by Crippen LogP contribution is -4.23. The predicted molar refractivity (Wildman–Crippen MR) is 2.22 cm³/mol. The van der Waals surface area contributed by atoms with E-state index in [2.05, 4.69) is 3.44 Å². The second-order valence-corrected chi connectivity index (χ2v) is 2.54. The van der Waals surface area contributed by atoms with Gasteiger partial charge in [-0.1, -0.05) is 0 Å². The zero-order chi connectivity index (χ0) is 5.21. The maximum atomic E-state index is 9.13. The third kappa shape index (κ3) is 92.9. The summed E-state index contributed by atoms with van der Waals surface area (Å²) < 4.78 is 35.6. The summed E-state index contributed by atoms with van der Waals surface area (Å²) in [4.78, 5) is 0. The van der Waals surface area contributed by atoms with E-state index in [0.717, 1.165) is 0 Å². The number of halogens is 1. The molecular weight excluding hydrogens is 191 g/mol. The first kappa shape index (κ1) is 3.75. The van der Waals surface area contributed by atoms with Crippen LogP contribution in [0, 0.1) is 0 Å². The van der Waals surface area contributed by atoms with Crippen molar-refractivity contribution in [3.8, 4) is 0 Å². The van der Waals surface area contributed by atoms with Gasteiger partial charge in [-0.25, -0.2) is 0 Å². The highest BCUT2D eigenvalue weighted by Crippen LogP contribution is 0.389. The molecule has 0 aliphatic heterocycles. The molecular formula is HIO4. The van der Waals surface area contributed by atoms with Gasteiger partial charge in [0, 0.05) is 3.44 Å². The Bertz CT molecular complexity index is 37.3. The normalized spacial score (nSPS) is 14.6. The fourth-order valence-corrected chi connectivity index (χ4v) is 0. The molecule has 0 fully saturated rings. The molecule has 0 amide bonds. The summed E-state index contributed by atoms with van der Waals surface area (Å²) in [5.41, 5.74) is 0. The van der Waals surface area contributed by atoms with Crippen LogP contribution < -0.4 is 30.4 Å². The number of hydrogen-bond acceptors (Lipinski definition) is 4. The average molecular weight is 193 g/mol. The summed E-state index contributed by atoms with van der Waals surface area (Å²) in [6.45, 7) is 0. The maximum absolute atomic E-state index is 9.13. The van der Waals surface area contributed by atoms with Crippen LogP contribution >= 0.6 is 0 Å². The Morgan fingerprint density at radius 2 is 1.80 bits per heavy atom. The van der Waals surface area contributed by atoms with E-state index >= 15 is 0 Å². The molecule has 0 saturated carbocycles. The highest BCUT2D eigenvalue weighted by molar-refractivity contribution is 2.15. The Labute approximate surface area is 35.9 Å². The van der Waals surface area contributed by atoms with Crippen LogP contribution in [-0.2, 0) is 0 Å². The molecule has 0 aromatic carbocycles. The maximum Gasteiger partial charge on any atom is 0.379 e. The molecule has 0 spiro atoms. The van der Waals surface area contributed by atoms with Crippen molar-refractivity contribution in [2.75, 3.05) is 0 Å². The van der Waals surface area contributed by atoms with Crippen LogP contribution in [0.1, 0.15) is 0 Å². The summed E-state index contributed by atoms with van der Waals surface area (Å²) in [7, 11) is 0. The van der Waals surface area contributed by atoms with Gasteiger partial charge in [-0.15, -0.1) is 0 Å². The number of hydrogen-bond donors (Lipinski definition) is 1. The molecule has 32 valence electrons. The van der Waals surface area contributed by atoms with Gasteiger partial charge in [0.2, 0.25) is 0 Å². The van der Waals surface area contributed by atoms with Gasteiger partial charge < -0.3 is 0 Å². The molecule has 0 aromatic rings. The Kier molecular flexibility index (Phi) is 1.01. The first-order chi connectivity index (χ1) is 2.56. The van der Waals surface area contributed by atoms with E-state index in [1.54, 1.807) is 0 Å².